The zero-order valence-electron chi connectivity index (χ0n) is 17.3. The van der Waals surface area contributed by atoms with Crippen LogP contribution in [0.2, 0.25) is 0 Å². The van der Waals surface area contributed by atoms with Crippen LogP contribution in [-0.4, -0.2) is 69.5 Å². The largest absolute Gasteiger partial charge is 0.393 e. The molecule has 2 saturated heterocycles. The molecule has 0 amide bonds. The Hall–Kier alpha value is -1.04. The Morgan fingerprint density at radius 2 is 1.08 bits per heavy atom. The number of rotatable bonds is 2. The highest BCUT2D eigenvalue weighted by atomic mass is 16.3. The maximum Gasteiger partial charge on any atom is 0.0779 e. The van der Waals surface area contributed by atoms with Gasteiger partial charge in [0.25, 0.3) is 0 Å². The Morgan fingerprint density at radius 3 is 1.38 bits per heavy atom. The number of aliphatic hydroxyl groups is 2. The molecule has 4 atom stereocenters. The van der Waals surface area contributed by atoms with E-state index in [1.807, 2.05) is 0 Å². The van der Waals surface area contributed by atoms with Gasteiger partial charge in [-0.05, 0) is 64.2 Å². The number of nitrogens with zero attached hydrogens (tertiary/aromatic N) is 2. The summed E-state index contributed by atoms with van der Waals surface area (Å²) in [5.41, 5.74) is -0.478. The molecule has 4 unspecified atom stereocenters. The first-order valence-electron chi connectivity index (χ1n) is 9.93. The number of hydrogen-bond donors (Lipinski definition) is 2. The SMILES string of the molecule is CC1CN(C(C)(C)C#CC#CC(C)(C)N2CCC(O)C(C)C2)CCC1O. The molecule has 146 valence electrons. The van der Waals surface area contributed by atoms with E-state index in [-0.39, 0.29) is 35.1 Å². The molecular weight excluding hydrogens is 324 g/mol. The quantitative estimate of drug-likeness (QED) is 0.739. The predicted molar refractivity (Wildman–Crippen MR) is 106 cm³/mol. The summed E-state index contributed by atoms with van der Waals surface area (Å²) < 4.78 is 0. The van der Waals surface area contributed by atoms with Gasteiger partial charge in [-0.15, -0.1) is 0 Å². The molecule has 4 nitrogen and oxygen atoms in total. The predicted octanol–water partition coefficient (Wildman–Crippen LogP) is 1.96. The summed E-state index contributed by atoms with van der Waals surface area (Å²) in [7, 11) is 0. The van der Waals surface area contributed by atoms with Crippen LogP contribution in [-0.2, 0) is 0 Å². The fraction of sp³-hybridized carbons (Fsp3) is 0.818. The molecule has 2 aliphatic rings. The third-order valence-corrected chi connectivity index (χ3v) is 6.10. The van der Waals surface area contributed by atoms with Crippen molar-refractivity contribution in [3.8, 4) is 23.7 Å². The van der Waals surface area contributed by atoms with Crippen molar-refractivity contribution in [3.05, 3.63) is 0 Å². The zero-order valence-corrected chi connectivity index (χ0v) is 17.3. The third kappa shape index (κ3) is 5.24. The molecule has 2 heterocycles. The second-order valence-corrected chi connectivity index (χ2v) is 9.18. The molecule has 0 radical (unpaired) electrons. The van der Waals surface area contributed by atoms with E-state index < -0.39 is 0 Å². The van der Waals surface area contributed by atoms with E-state index in [1.165, 1.54) is 0 Å². The topological polar surface area (TPSA) is 46.9 Å². The molecule has 0 aromatic carbocycles. The summed E-state index contributed by atoms with van der Waals surface area (Å²) in [4.78, 5) is 4.69. The molecule has 2 aliphatic heterocycles. The van der Waals surface area contributed by atoms with E-state index in [4.69, 9.17) is 0 Å². The van der Waals surface area contributed by atoms with Crippen molar-refractivity contribution in [3.63, 3.8) is 0 Å². The molecule has 0 aromatic heterocycles. The Labute approximate surface area is 159 Å². The van der Waals surface area contributed by atoms with Gasteiger partial charge in [0, 0.05) is 26.2 Å². The highest BCUT2D eigenvalue weighted by Gasteiger charge is 2.33. The van der Waals surface area contributed by atoms with Crippen LogP contribution in [0.1, 0.15) is 54.4 Å². The van der Waals surface area contributed by atoms with Gasteiger partial charge in [-0.25, -0.2) is 0 Å². The number of likely N-dealkylation sites (tertiary alicyclic amines) is 2. The highest BCUT2D eigenvalue weighted by molar-refractivity contribution is 5.33. The molecule has 0 bridgehead atoms. The lowest BCUT2D eigenvalue weighted by Crippen LogP contribution is -2.51. The van der Waals surface area contributed by atoms with Crippen LogP contribution >= 0.6 is 0 Å². The van der Waals surface area contributed by atoms with Crippen molar-refractivity contribution in [2.45, 2.75) is 77.7 Å². The van der Waals surface area contributed by atoms with Crippen molar-refractivity contribution < 1.29 is 10.2 Å². The van der Waals surface area contributed by atoms with Crippen LogP contribution in [0, 0.1) is 35.5 Å². The highest BCUT2D eigenvalue weighted by Crippen LogP contribution is 2.25. The summed E-state index contributed by atoms with van der Waals surface area (Å²) in [6.45, 7) is 16.2. The minimum absolute atomic E-state index is 0.193. The fourth-order valence-electron chi connectivity index (χ4n) is 3.81. The average Bonchev–Trinajstić information content (AvgIpc) is 2.56. The Kier molecular flexibility index (Phi) is 6.81. The van der Waals surface area contributed by atoms with Gasteiger partial charge in [-0.3, -0.25) is 9.80 Å². The van der Waals surface area contributed by atoms with E-state index in [0.29, 0.717) is 0 Å². The van der Waals surface area contributed by atoms with Crippen molar-refractivity contribution in [2.75, 3.05) is 26.2 Å². The number of hydrogen-bond acceptors (Lipinski definition) is 4. The first-order valence-corrected chi connectivity index (χ1v) is 9.93. The molecule has 0 saturated carbocycles. The second kappa shape index (κ2) is 8.32. The molecule has 0 aliphatic carbocycles. The third-order valence-electron chi connectivity index (χ3n) is 6.10. The van der Waals surface area contributed by atoms with E-state index in [9.17, 15) is 10.2 Å². The van der Waals surface area contributed by atoms with Crippen molar-refractivity contribution in [1.82, 2.24) is 9.80 Å². The van der Waals surface area contributed by atoms with Crippen LogP contribution in [0.4, 0.5) is 0 Å². The number of piperidine rings is 2. The van der Waals surface area contributed by atoms with Crippen LogP contribution in [0.3, 0.4) is 0 Å². The number of aliphatic hydroxyl groups excluding tert-OH is 2. The smallest absolute Gasteiger partial charge is 0.0779 e. The fourth-order valence-corrected chi connectivity index (χ4v) is 3.81. The molecule has 0 spiro atoms. The summed E-state index contributed by atoms with van der Waals surface area (Å²) in [5.74, 6) is 13.3. The van der Waals surface area contributed by atoms with Gasteiger partial charge in [0.2, 0.25) is 0 Å². The molecule has 2 fully saturated rings. The molecule has 0 aromatic rings. The van der Waals surface area contributed by atoms with Crippen molar-refractivity contribution in [1.29, 1.82) is 0 Å². The van der Waals surface area contributed by atoms with Gasteiger partial charge in [0.1, 0.15) is 0 Å². The Morgan fingerprint density at radius 1 is 0.731 bits per heavy atom. The summed E-state index contributed by atoms with van der Waals surface area (Å²) >= 11 is 0. The van der Waals surface area contributed by atoms with Crippen LogP contribution in [0.5, 0.6) is 0 Å². The molecule has 2 rings (SSSR count). The van der Waals surface area contributed by atoms with Crippen molar-refractivity contribution in [2.24, 2.45) is 11.8 Å². The first kappa shape index (κ1) is 21.3. The van der Waals surface area contributed by atoms with Gasteiger partial charge in [-0.2, -0.15) is 0 Å². The lowest BCUT2D eigenvalue weighted by atomic mass is 9.91. The first-order chi connectivity index (χ1) is 12.0. The van der Waals surface area contributed by atoms with Crippen LogP contribution in [0.25, 0.3) is 0 Å². The van der Waals surface area contributed by atoms with Crippen molar-refractivity contribution >= 4 is 0 Å². The molecule has 26 heavy (non-hydrogen) atoms. The summed E-state index contributed by atoms with van der Waals surface area (Å²) in [6, 6.07) is 0. The maximum absolute atomic E-state index is 9.92. The Bertz CT molecular complexity index is 551. The van der Waals surface area contributed by atoms with Crippen LogP contribution in [0.15, 0.2) is 0 Å². The van der Waals surface area contributed by atoms with E-state index in [0.717, 1.165) is 39.0 Å². The van der Waals surface area contributed by atoms with Gasteiger partial charge in [-0.1, -0.05) is 25.7 Å². The van der Waals surface area contributed by atoms with Crippen LogP contribution < -0.4 is 0 Å². The normalized spacial score (nSPS) is 31.5. The van der Waals surface area contributed by atoms with E-state index >= 15 is 0 Å². The lowest BCUT2D eigenvalue weighted by Gasteiger charge is -2.42. The average molecular weight is 361 g/mol. The standard InChI is InChI=1S/C22H36N2O2/c1-17-15-23(13-9-19(17)25)21(3,4)11-7-8-12-22(5,6)24-14-10-20(26)18(2)16-24/h17-20,25-26H,9-10,13-16H2,1-6H3. The minimum atomic E-state index is -0.239. The second-order valence-electron chi connectivity index (χ2n) is 9.18. The molecule has 4 heteroatoms. The van der Waals surface area contributed by atoms with Gasteiger partial charge in [0.05, 0.1) is 23.3 Å². The zero-order chi connectivity index (χ0) is 19.5. The minimum Gasteiger partial charge on any atom is -0.393 e. The van der Waals surface area contributed by atoms with E-state index in [2.05, 4.69) is 75.0 Å². The Balaban J connectivity index is 2.00. The van der Waals surface area contributed by atoms with Gasteiger partial charge < -0.3 is 10.2 Å². The lowest BCUT2D eigenvalue weighted by molar-refractivity contribution is 0.00867. The van der Waals surface area contributed by atoms with E-state index in [1.54, 1.807) is 0 Å². The van der Waals surface area contributed by atoms with Gasteiger partial charge in [0.15, 0.2) is 0 Å². The van der Waals surface area contributed by atoms with Gasteiger partial charge >= 0.3 is 0 Å². The molecule has 2 N–H and O–H groups in total. The monoisotopic (exact) mass is 360 g/mol. The summed E-state index contributed by atoms with van der Waals surface area (Å²) in [5, 5.41) is 19.8. The molecular formula is C22H36N2O2. The summed E-state index contributed by atoms with van der Waals surface area (Å²) in [6.07, 6.45) is 1.23. The maximum atomic E-state index is 9.92.